The lowest BCUT2D eigenvalue weighted by Gasteiger charge is -2.39. The van der Waals surface area contributed by atoms with Crippen LogP contribution >= 0.6 is 0 Å². The third-order valence-corrected chi connectivity index (χ3v) is 13.0. The summed E-state index contributed by atoms with van der Waals surface area (Å²) in [7, 11) is -1.97. The number of aliphatic hydroxyl groups excluding tert-OH is 2. The molecule has 4 N–H and O–H groups in total. The SMILES string of the molecule is Cc1ccc(S(=O)(=O)N[C@H](Cc2ccccc2)C(=O)NCc2cccc(-c3ccc([C@@H]4O[C@H](CN(C)[C@@H](C)[C@H](O)c5ccccc5)C[C@H](c5ccc(CO)cc5)O4)cc3)c2)cc1. The molecule has 6 aromatic carbocycles. The molecule has 6 atom stereocenters. The van der Waals surface area contributed by atoms with Crippen molar-refractivity contribution in [3.63, 3.8) is 0 Å². The van der Waals surface area contributed by atoms with E-state index in [0.717, 1.165) is 50.1 Å². The van der Waals surface area contributed by atoms with Crippen molar-refractivity contribution >= 4 is 15.9 Å². The smallest absolute Gasteiger partial charge is 0.241 e. The molecule has 0 bridgehead atoms. The molecule has 0 spiro atoms. The van der Waals surface area contributed by atoms with E-state index in [1.54, 1.807) is 12.1 Å². The van der Waals surface area contributed by atoms with Crippen LogP contribution in [0.2, 0.25) is 0 Å². The number of aryl methyl sites for hydroxylation is 1. The minimum Gasteiger partial charge on any atom is -0.392 e. The Labute approximate surface area is 365 Å². The summed E-state index contributed by atoms with van der Waals surface area (Å²) in [6.07, 6.45) is -0.983. The Morgan fingerprint density at radius 3 is 2.08 bits per heavy atom. The van der Waals surface area contributed by atoms with Crippen molar-refractivity contribution in [2.24, 2.45) is 0 Å². The molecule has 1 saturated heterocycles. The molecule has 1 aliphatic rings. The maximum absolute atomic E-state index is 13.7. The standard InChI is InChI=1S/C51H55N3O7S/c1-35-17-27-46(28-18-35)62(58,59)53-47(30-37-11-6-4-7-12-37)50(57)52-32-39-13-10-16-44(29-39)40-23-25-43(26-24-40)51-60-45(31-48(61-51)41-21-19-38(34-55)20-22-41)33-54(3)36(2)49(56)42-14-8-5-9-15-42/h4-29,36,45,47-49,51,53,55-56H,30-34H2,1-3H3,(H,52,57)/t36-,45-,47+,48+,49-,51+/m0/s1. The fourth-order valence-corrected chi connectivity index (χ4v) is 8.90. The summed E-state index contributed by atoms with van der Waals surface area (Å²) in [5, 5.41) is 23.8. The van der Waals surface area contributed by atoms with Crippen LogP contribution in [0.15, 0.2) is 163 Å². The van der Waals surface area contributed by atoms with Gasteiger partial charge in [-0.05, 0) is 84.5 Å². The second-order valence-electron chi connectivity index (χ2n) is 16.1. The molecule has 0 aromatic heterocycles. The molecule has 322 valence electrons. The van der Waals surface area contributed by atoms with E-state index >= 15 is 0 Å². The quantitative estimate of drug-likeness (QED) is 0.0726. The number of amides is 1. The molecule has 10 nitrogen and oxygen atoms in total. The summed E-state index contributed by atoms with van der Waals surface area (Å²) in [6, 6.07) is 48.1. The summed E-state index contributed by atoms with van der Waals surface area (Å²) in [5.74, 6) is -0.430. The third kappa shape index (κ3) is 11.5. The van der Waals surface area contributed by atoms with Crippen LogP contribution in [0.25, 0.3) is 11.1 Å². The van der Waals surface area contributed by atoms with Crippen molar-refractivity contribution in [1.29, 1.82) is 0 Å². The summed E-state index contributed by atoms with van der Waals surface area (Å²) in [4.78, 5) is 15.9. The van der Waals surface area contributed by atoms with E-state index in [1.807, 2.05) is 154 Å². The van der Waals surface area contributed by atoms with E-state index in [1.165, 1.54) is 12.1 Å². The molecule has 1 amide bonds. The van der Waals surface area contributed by atoms with Crippen LogP contribution in [0.3, 0.4) is 0 Å². The van der Waals surface area contributed by atoms with Gasteiger partial charge in [0.1, 0.15) is 6.04 Å². The van der Waals surface area contributed by atoms with E-state index in [9.17, 15) is 23.4 Å². The summed E-state index contributed by atoms with van der Waals surface area (Å²) < 4.78 is 42.7. The summed E-state index contributed by atoms with van der Waals surface area (Å²) in [6.45, 7) is 4.63. The van der Waals surface area contributed by atoms with E-state index in [4.69, 9.17) is 9.47 Å². The second-order valence-corrected chi connectivity index (χ2v) is 17.8. The van der Waals surface area contributed by atoms with Gasteiger partial charge in [-0.25, -0.2) is 8.42 Å². The fraction of sp³-hybridized carbons (Fsp3) is 0.275. The fourth-order valence-electron chi connectivity index (χ4n) is 7.71. The van der Waals surface area contributed by atoms with Gasteiger partial charge in [0.05, 0.1) is 29.8 Å². The topological polar surface area (TPSA) is 137 Å². The van der Waals surface area contributed by atoms with Crippen LogP contribution < -0.4 is 10.0 Å². The second kappa shape index (κ2) is 20.6. The van der Waals surface area contributed by atoms with E-state index in [0.29, 0.717) is 13.0 Å². The van der Waals surface area contributed by atoms with Crippen molar-refractivity contribution < 1.29 is 32.9 Å². The monoisotopic (exact) mass is 853 g/mol. The molecule has 1 fully saturated rings. The van der Waals surface area contributed by atoms with E-state index < -0.39 is 34.4 Å². The Hall–Kier alpha value is -5.50. The van der Waals surface area contributed by atoms with Crippen LogP contribution in [0, 0.1) is 6.92 Å². The van der Waals surface area contributed by atoms with Gasteiger partial charge in [-0.3, -0.25) is 9.69 Å². The number of ether oxygens (including phenoxy) is 2. The molecular formula is C51H55N3O7S. The zero-order valence-electron chi connectivity index (χ0n) is 35.3. The number of nitrogens with one attached hydrogen (secondary N) is 2. The highest BCUT2D eigenvalue weighted by molar-refractivity contribution is 7.89. The number of aliphatic hydroxyl groups is 2. The number of rotatable bonds is 17. The number of benzene rings is 6. The van der Waals surface area contributed by atoms with Crippen LogP contribution in [-0.4, -0.2) is 61.2 Å². The Kier molecular flexibility index (Phi) is 14.8. The average Bonchev–Trinajstić information content (AvgIpc) is 3.30. The lowest BCUT2D eigenvalue weighted by Crippen LogP contribution is -2.47. The molecular weight excluding hydrogens is 799 g/mol. The minimum atomic E-state index is -3.97. The van der Waals surface area contributed by atoms with Gasteiger partial charge in [0.15, 0.2) is 6.29 Å². The zero-order chi connectivity index (χ0) is 43.6. The summed E-state index contributed by atoms with van der Waals surface area (Å²) in [5.41, 5.74) is 8.07. The van der Waals surface area contributed by atoms with Gasteiger partial charge in [-0.15, -0.1) is 0 Å². The first-order valence-corrected chi connectivity index (χ1v) is 22.5. The van der Waals surface area contributed by atoms with Gasteiger partial charge in [0, 0.05) is 31.1 Å². The maximum atomic E-state index is 13.7. The van der Waals surface area contributed by atoms with Gasteiger partial charge in [0.2, 0.25) is 15.9 Å². The zero-order valence-corrected chi connectivity index (χ0v) is 36.1. The Morgan fingerprint density at radius 1 is 0.758 bits per heavy atom. The average molecular weight is 854 g/mol. The molecule has 6 aromatic rings. The van der Waals surface area contributed by atoms with Gasteiger partial charge in [-0.2, -0.15) is 4.72 Å². The first-order chi connectivity index (χ1) is 29.9. The number of likely N-dealkylation sites (N-methyl/N-ethyl adjacent to an activating group) is 1. The molecule has 62 heavy (non-hydrogen) atoms. The Morgan fingerprint density at radius 2 is 1.40 bits per heavy atom. The van der Waals surface area contributed by atoms with Crippen LogP contribution in [0.4, 0.5) is 0 Å². The first kappa shape index (κ1) is 44.6. The molecule has 1 heterocycles. The van der Waals surface area contributed by atoms with E-state index in [-0.39, 0.29) is 42.7 Å². The van der Waals surface area contributed by atoms with Crippen LogP contribution in [0.5, 0.6) is 0 Å². The molecule has 11 heteroatoms. The molecule has 1 aliphatic heterocycles. The predicted octanol–water partition coefficient (Wildman–Crippen LogP) is 7.96. The minimum absolute atomic E-state index is 0.0371. The van der Waals surface area contributed by atoms with Crippen LogP contribution in [-0.2, 0) is 43.9 Å². The number of nitrogens with zero attached hydrogens (tertiary/aromatic N) is 1. The third-order valence-electron chi connectivity index (χ3n) is 11.5. The Balaban J connectivity index is 1.04. The maximum Gasteiger partial charge on any atom is 0.241 e. The van der Waals surface area contributed by atoms with E-state index in [2.05, 4.69) is 14.9 Å². The number of carbonyl (C=O) groups excluding carboxylic acids is 1. The number of hydrogen-bond acceptors (Lipinski definition) is 8. The number of carbonyl (C=O) groups is 1. The highest BCUT2D eigenvalue weighted by Crippen LogP contribution is 2.39. The van der Waals surface area contributed by atoms with Gasteiger partial charge < -0.3 is 25.0 Å². The molecule has 7 rings (SSSR count). The van der Waals surface area contributed by atoms with Crippen molar-refractivity contribution in [3.8, 4) is 11.1 Å². The van der Waals surface area contributed by atoms with Gasteiger partial charge >= 0.3 is 0 Å². The van der Waals surface area contributed by atoms with Crippen LogP contribution in [0.1, 0.15) is 70.8 Å². The largest absolute Gasteiger partial charge is 0.392 e. The van der Waals surface area contributed by atoms with Crippen molar-refractivity contribution in [2.75, 3.05) is 13.6 Å². The first-order valence-electron chi connectivity index (χ1n) is 21.0. The molecule has 0 radical (unpaired) electrons. The van der Waals surface area contributed by atoms with Gasteiger partial charge in [0.25, 0.3) is 0 Å². The summed E-state index contributed by atoms with van der Waals surface area (Å²) >= 11 is 0. The molecule has 0 aliphatic carbocycles. The lowest BCUT2D eigenvalue weighted by molar-refractivity contribution is -0.253. The highest BCUT2D eigenvalue weighted by Gasteiger charge is 2.34. The number of hydrogen-bond donors (Lipinski definition) is 4. The van der Waals surface area contributed by atoms with Crippen molar-refractivity contribution in [3.05, 3.63) is 197 Å². The van der Waals surface area contributed by atoms with Crippen molar-refractivity contribution in [2.45, 2.75) is 81.4 Å². The van der Waals surface area contributed by atoms with Gasteiger partial charge in [-0.1, -0.05) is 145 Å². The van der Waals surface area contributed by atoms with Crippen molar-refractivity contribution in [1.82, 2.24) is 14.9 Å². The molecule has 0 unspecified atom stereocenters. The highest BCUT2D eigenvalue weighted by atomic mass is 32.2. The predicted molar refractivity (Wildman–Crippen MR) is 241 cm³/mol. The molecule has 0 saturated carbocycles. The lowest BCUT2D eigenvalue weighted by atomic mass is 9.98. The normalized spacial score (nSPS) is 18.2. The Bertz CT molecular complexity index is 2470. The number of sulfonamides is 1.